The number of benzene rings is 3. The SMILES string of the molecule is O=C(c1ccc2ccccc2c1)c1cccc(Br)c1F. The van der Waals surface area contributed by atoms with Gasteiger partial charge in [-0.3, -0.25) is 4.79 Å². The average Bonchev–Trinajstić information content (AvgIpc) is 2.49. The summed E-state index contributed by atoms with van der Waals surface area (Å²) in [5, 5.41) is 2.02. The Balaban J connectivity index is 2.10. The zero-order valence-corrected chi connectivity index (χ0v) is 12.0. The molecule has 0 aliphatic carbocycles. The molecule has 0 unspecified atom stereocenters. The average molecular weight is 329 g/mol. The molecule has 1 nitrogen and oxygen atoms in total. The van der Waals surface area contributed by atoms with Gasteiger partial charge in [0.2, 0.25) is 0 Å². The topological polar surface area (TPSA) is 17.1 Å². The molecule has 0 fully saturated rings. The lowest BCUT2D eigenvalue weighted by Crippen LogP contribution is -2.04. The van der Waals surface area contributed by atoms with Crippen LogP contribution < -0.4 is 0 Å². The lowest BCUT2D eigenvalue weighted by molar-refractivity contribution is 0.103. The standard InChI is InChI=1S/C17H10BrFO/c18-15-7-3-6-14(16(15)19)17(20)13-9-8-11-4-1-2-5-12(11)10-13/h1-10H. The Labute approximate surface area is 124 Å². The Kier molecular flexibility index (Phi) is 3.36. The fourth-order valence-corrected chi connectivity index (χ4v) is 2.53. The van der Waals surface area contributed by atoms with Crippen molar-refractivity contribution in [3.63, 3.8) is 0 Å². The molecule has 3 heteroatoms. The van der Waals surface area contributed by atoms with E-state index in [2.05, 4.69) is 15.9 Å². The molecule has 0 atom stereocenters. The first-order valence-electron chi connectivity index (χ1n) is 6.14. The van der Waals surface area contributed by atoms with E-state index >= 15 is 0 Å². The van der Waals surface area contributed by atoms with E-state index in [1.807, 2.05) is 30.3 Å². The molecule has 0 amide bonds. The van der Waals surface area contributed by atoms with E-state index in [0.717, 1.165) is 10.8 Å². The highest BCUT2D eigenvalue weighted by molar-refractivity contribution is 9.10. The molecular weight excluding hydrogens is 319 g/mol. The van der Waals surface area contributed by atoms with Gasteiger partial charge in [-0.1, -0.05) is 42.5 Å². The zero-order chi connectivity index (χ0) is 14.1. The number of rotatable bonds is 2. The van der Waals surface area contributed by atoms with E-state index in [0.29, 0.717) is 10.0 Å². The highest BCUT2D eigenvalue weighted by atomic mass is 79.9. The molecule has 0 radical (unpaired) electrons. The van der Waals surface area contributed by atoms with Crippen molar-refractivity contribution in [3.8, 4) is 0 Å². The van der Waals surface area contributed by atoms with Crippen molar-refractivity contribution >= 4 is 32.5 Å². The quantitative estimate of drug-likeness (QED) is 0.607. The van der Waals surface area contributed by atoms with Gasteiger partial charge in [-0.05, 0) is 44.9 Å². The minimum Gasteiger partial charge on any atom is -0.288 e. The maximum atomic E-state index is 14.0. The molecule has 0 bridgehead atoms. The molecule has 0 aromatic heterocycles. The molecule has 0 saturated heterocycles. The number of hydrogen-bond donors (Lipinski definition) is 0. The maximum Gasteiger partial charge on any atom is 0.196 e. The third kappa shape index (κ3) is 2.25. The van der Waals surface area contributed by atoms with Crippen molar-refractivity contribution in [3.05, 3.63) is 82.1 Å². The normalized spacial score (nSPS) is 10.7. The van der Waals surface area contributed by atoms with Crippen LogP contribution in [0.15, 0.2) is 65.1 Å². The molecule has 0 saturated carbocycles. The van der Waals surface area contributed by atoms with Gasteiger partial charge in [-0.25, -0.2) is 4.39 Å². The number of carbonyl (C=O) groups is 1. The number of ketones is 1. The Morgan fingerprint density at radius 3 is 2.45 bits per heavy atom. The van der Waals surface area contributed by atoms with Crippen molar-refractivity contribution in [2.24, 2.45) is 0 Å². The van der Waals surface area contributed by atoms with Crippen LogP contribution in [0.2, 0.25) is 0 Å². The molecule has 0 aliphatic heterocycles. The van der Waals surface area contributed by atoms with Crippen LogP contribution in [0, 0.1) is 5.82 Å². The minimum absolute atomic E-state index is 0.0784. The third-order valence-corrected chi connectivity index (χ3v) is 3.82. The smallest absolute Gasteiger partial charge is 0.196 e. The summed E-state index contributed by atoms with van der Waals surface area (Å²) in [7, 11) is 0. The fourth-order valence-electron chi connectivity index (χ4n) is 2.17. The Hall–Kier alpha value is -2.00. The lowest BCUT2D eigenvalue weighted by Gasteiger charge is -2.05. The number of carbonyl (C=O) groups excluding carboxylic acids is 1. The zero-order valence-electron chi connectivity index (χ0n) is 10.4. The molecule has 98 valence electrons. The monoisotopic (exact) mass is 328 g/mol. The van der Waals surface area contributed by atoms with Crippen LogP contribution in [0.1, 0.15) is 15.9 Å². The highest BCUT2D eigenvalue weighted by Gasteiger charge is 2.15. The summed E-state index contributed by atoms with van der Waals surface area (Å²) in [6.07, 6.45) is 0. The van der Waals surface area contributed by atoms with E-state index in [-0.39, 0.29) is 11.3 Å². The number of hydrogen-bond acceptors (Lipinski definition) is 1. The van der Waals surface area contributed by atoms with Crippen LogP contribution in [0.25, 0.3) is 10.8 Å². The van der Waals surface area contributed by atoms with Gasteiger partial charge in [0, 0.05) is 5.56 Å². The molecule has 0 aliphatic rings. The van der Waals surface area contributed by atoms with Gasteiger partial charge in [-0.15, -0.1) is 0 Å². The molecule has 0 heterocycles. The predicted molar refractivity (Wildman–Crippen MR) is 81.5 cm³/mol. The summed E-state index contributed by atoms with van der Waals surface area (Å²) < 4.78 is 14.3. The summed E-state index contributed by atoms with van der Waals surface area (Å²) in [6.45, 7) is 0. The van der Waals surface area contributed by atoms with Gasteiger partial charge in [0.25, 0.3) is 0 Å². The Morgan fingerprint density at radius 1 is 0.900 bits per heavy atom. The molecular formula is C17H10BrFO. The second-order valence-corrected chi connectivity index (χ2v) is 5.35. The number of halogens is 2. The molecule has 0 N–H and O–H groups in total. The molecule has 3 aromatic carbocycles. The summed E-state index contributed by atoms with van der Waals surface area (Å²) in [6, 6.07) is 17.9. The first kappa shape index (κ1) is 13.0. The molecule has 3 aromatic rings. The second-order valence-electron chi connectivity index (χ2n) is 4.49. The van der Waals surface area contributed by atoms with E-state index in [4.69, 9.17) is 0 Å². The maximum absolute atomic E-state index is 14.0. The van der Waals surface area contributed by atoms with Crippen molar-refractivity contribution < 1.29 is 9.18 Å². The predicted octanol–water partition coefficient (Wildman–Crippen LogP) is 4.97. The molecule has 3 rings (SSSR count). The Morgan fingerprint density at radius 2 is 1.65 bits per heavy atom. The number of fused-ring (bicyclic) bond motifs is 1. The van der Waals surface area contributed by atoms with Crippen LogP contribution in [0.5, 0.6) is 0 Å². The first-order chi connectivity index (χ1) is 9.66. The second kappa shape index (κ2) is 5.17. The summed E-state index contributed by atoms with van der Waals surface area (Å²) in [5.41, 5.74) is 0.565. The van der Waals surface area contributed by atoms with Gasteiger partial charge in [0.05, 0.1) is 10.0 Å². The van der Waals surface area contributed by atoms with Crippen molar-refractivity contribution in [1.82, 2.24) is 0 Å². The van der Waals surface area contributed by atoms with Gasteiger partial charge in [0.1, 0.15) is 5.82 Å². The van der Waals surface area contributed by atoms with Gasteiger partial charge < -0.3 is 0 Å². The van der Waals surface area contributed by atoms with Crippen LogP contribution in [-0.2, 0) is 0 Å². The third-order valence-electron chi connectivity index (χ3n) is 3.21. The summed E-state index contributed by atoms with van der Waals surface area (Å²) >= 11 is 3.10. The van der Waals surface area contributed by atoms with Gasteiger partial charge in [-0.2, -0.15) is 0 Å². The van der Waals surface area contributed by atoms with E-state index in [9.17, 15) is 9.18 Å². The Bertz CT molecular complexity index is 811. The molecule has 20 heavy (non-hydrogen) atoms. The van der Waals surface area contributed by atoms with Crippen LogP contribution >= 0.6 is 15.9 Å². The fraction of sp³-hybridized carbons (Fsp3) is 0. The molecule has 0 spiro atoms. The van der Waals surface area contributed by atoms with Crippen LogP contribution in [-0.4, -0.2) is 5.78 Å². The van der Waals surface area contributed by atoms with E-state index in [1.165, 1.54) is 6.07 Å². The van der Waals surface area contributed by atoms with Crippen molar-refractivity contribution in [1.29, 1.82) is 0 Å². The van der Waals surface area contributed by atoms with Crippen LogP contribution in [0.4, 0.5) is 4.39 Å². The highest BCUT2D eigenvalue weighted by Crippen LogP contribution is 2.23. The van der Waals surface area contributed by atoms with Gasteiger partial charge in [0.15, 0.2) is 5.78 Å². The summed E-state index contributed by atoms with van der Waals surface area (Å²) in [5.74, 6) is -0.833. The summed E-state index contributed by atoms with van der Waals surface area (Å²) in [4.78, 5) is 12.4. The van der Waals surface area contributed by atoms with Crippen molar-refractivity contribution in [2.45, 2.75) is 0 Å². The largest absolute Gasteiger partial charge is 0.288 e. The van der Waals surface area contributed by atoms with E-state index in [1.54, 1.807) is 24.3 Å². The first-order valence-corrected chi connectivity index (χ1v) is 6.93. The van der Waals surface area contributed by atoms with Crippen molar-refractivity contribution in [2.75, 3.05) is 0 Å². The van der Waals surface area contributed by atoms with Gasteiger partial charge >= 0.3 is 0 Å². The lowest BCUT2D eigenvalue weighted by atomic mass is 10.00. The minimum atomic E-state index is -0.523. The van der Waals surface area contributed by atoms with E-state index < -0.39 is 5.82 Å². The van der Waals surface area contributed by atoms with Crippen LogP contribution in [0.3, 0.4) is 0 Å².